The van der Waals surface area contributed by atoms with Gasteiger partial charge >= 0.3 is 0 Å². The zero-order chi connectivity index (χ0) is 28.7. The van der Waals surface area contributed by atoms with Crippen LogP contribution in [0.5, 0.6) is 11.5 Å². The summed E-state index contributed by atoms with van der Waals surface area (Å²) in [6.07, 6.45) is 3.67. The number of benzene rings is 4. The SMILES string of the molecule is Cc1cc(B2c3ccc(C(C)C)cc3Oc3cc(C(C)C)ccc32)c(Cl)c(N(c2ccccc2)c2cccnc2)c1. The average Bonchev–Trinajstić information content (AvgIpc) is 2.98. The Kier molecular flexibility index (Phi) is 7.36. The monoisotopic (exact) mass is 556 g/mol. The first-order valence-corrected chi connectivity index (χ1v) is 14.7. The zero-order valence-electron chi connectivity index (χ0n) is 24.2. The molecule has 204 valence electrons. The third kappa shape index (κ3) is 5.13. The second-order valence-electron chi connectivity index (χ2n) is 11.5. The summed E-state index contributed by atoms with van der Waals surface area (Å²) in [6, 6.07) is 32.1. The van der Waals surface area contributed by atoms with Crippen molar-refractivity contribution >= 4 is 51.8 Å². The second kappa shape index (κ2) is 11.1. The van der Waals surface area contributed by atoms with Crippen LogP contribution in [0, 0.1) is 6.92 Å². The largest absolute Gasteiger partial charge is 0.458 e. The van der Waals surface area contributed by atoms with Crippen molar-refractivity contribution in [2.24, 2.45) is 0 Å². The fourth-order valence-electron chi connectivity index (χ4n) is 5.74. The molecule has 0 radical (unpaired) electrons. The third-order valence-electron chi connectivity index (χ3n) is 7.95. The maximum Gasteiger partial charge on any atom is 0.252 e. The number of aryl methyl sites for hydroxylation is 1. The van der Waals surface area contributed by atoms with E-state index >= 15 is 0 Å². The van der Waals surface area contributed by atoms with E-state index in [2.05, 4.69) is 111 Å². The molecule has 0 atom stereocenters. The van der Waals surface area contributed by atoms with Gasteiger partial charge in [-0.3, -0.25) is 4.98 Å². The minimum atomic E-state index is -0.0751. The molecule has 0 bridgehead atoms. The van der Waals surface area contributed by atoms with Gasteiger partial charge in [-0.25, -0.2) is 0 Å². The lowest BCUT2D eigenvalue weighted by Crippen LogP contribution is -2.55. The van der Waals surface area contributed by atoms with E-state index < -0.39 is 0 Å². The lowest BCUT2D eigenvalue weighted by atomic mass is 9.35. The molecule has 3 nitrogen and oxygen atoms in total. The number of aromatic nitrogens is 1. The number of anilines is 3. The number of hydrogen-bond donors (Lipinski definition) is 0. The van der Waals surface area contributed by atoms with Crippen LogP contribution in [-0.4, -0.2) is 11.7 Å². The summed E-state index contributed by atoms with van der Waals surface area (Å²) in [4.78, 5) is 6.62. The van der Waals surface area contributed by atoms with Crippen molar-refractivity contribution < 1.29 is 4.74 Å². The van der Waals surface area contributed by atoms with Gasteiger partial charge in [-0.2, -0.15) is 0 Å². The molecule has 0 aliphatic carbocycles. The minimum Gasteiger partial charge on any atom is -0.458 e. The summed E-state index contributed by atoms with van der Waals surface area (Å²) >= 11 is 7.50. The second-order valence-corrected chi connectivity index (χ2v) is 11.9. The van der Waals surface area contributed by atoms with Crippen LogP contribution in [-0.2, 0) is 0 Å². The summed E-state index contributed by atoms with van der Waals surface area (Å²) in [7, 11) is 0. The highest BCUT2D eigenvalue weighted by molar-refractivity contribution is 6.98. The van der Waals surface area contributed by atoms with Crippen molar-refractivity contribution in [3.05, 3.63) is 125 Å². The lowest BCUT2D eigenvalue weighted by molar-refractivity contribution is 0.485. The maximum absolute atomic E-state index is 7.50. The van der Waals surface area contributed by atoms with E-state index in [1.807, 2.05) is 30.5 Å². The summed E-state index contributed by atoms with van der Waals surface area (Å²) in [5, 5.41) is 0.716. The van der Waals surface area contributed by atoms with E-state index in [0.717, 1.165) is 50.5 Å². The topological polar surface area (TPSA) is 25.4 Å². The summed E-state index contributed by atoms with van der Waals surface area (Å²) in [5.74, 6) is 2.61. The lowest BCUT2D eigenvalue weighted by Gasteiger charge is -2.31. The molecule has 0 spiro atoms. The van der Waals surface area contributed by atoms with Crippen LogP contribution in [0.2, 0.25) is 5.02 Å². The predicted octanol–water partition coefficient (Wildman–Crippen LogP) is 8.38. The first-order valence-electron chi connectivity index (χ1n) is 14.3. The Bertz CT molecular complexity index is 1610. The van der Waals surface area contributed by atoms with Gasteiger partial charge in [-0.05, 0) is 94.3 Å². The van der Waals surface area contributed by atoms with Crippen LogP contribution in [0.25, 0.3) is 0 Å². The summed E-state index contributed by atoms with van der Waals surface area (Å²) in [6.45, 7) is 10.9. The van der Waals surface area contributed by atoms with Gasteiger partial charge in [0.1, 0.15) is 11.5 Å². The number of nitrogens with zero attached hydrogens (tertiary/aromatic N) is 2. The van der Waals surface area contributed by atoms with Crippen molar-refractivity contribution in [3.8, 4) is 11.5 Å². The van der Waals surface area contributed by atoms with Crippen LogP contribution in [0.4, 0.5) is 17.1 Å². The highest BCUT2D eigenvalue weighted by Gasteiger charge is 2.35. The number of fused-ring (bicyclic) bond motifs is 2. The smallest absolute Gasteiger partial charge is 0.252 e. The number of halogens is 1. The molecule has 6 rings (SSSR count). The minimum absolute atomic E-state index is 0.0751. The molecule has 41 heavy (non-hydrogen) atoms. The molecule has 1 aliphatic rings. The highest BCUT2D eigenvalue weighted by Crippen LogP contribution is 2.39. The van der Waals surface area contributed by atoms with Crippen LogP contribution >= 0.6 is 11.6 Å². The van der Waals surface area contributed by atoms with Crippen molar-refractivity contribution in [2.75, 3.05) is 4.90 Å². The van der Waals surface area contributed by atoms with E-state index in [1.54, 1.807) is 6.20 Å². The van der Waals surface area contributed by atoms with E-state index in [4.69, 9.17) is 16.3 Å². The molecule has 0 fully saturated rings. The molecule has 1 aliphatic heterocycles. The van der Waals surface area contributed by atoms with Crippen LogP contribution in [0.15, 0.2) is 103 Å². The van der Waals surface area contributed by atoms with Crippen LogP contribution in [0.3, 0.4) is 0 Å². The molecular weight excluding hydrogens is 523 g/mol. The molecule has 0 amide bonds. The zero-order valence-corrected chi connectivity index (χ0v) is 25.0. The van der Waals surface area contributed by atoms with E-state index in [1.165, 1.54) is 11.1 Å². The van der Waals surface area contributed by atoms with E-state index in [-0.39, 0.29) is 6.71 Å². The van der Waals surface area contributed by atoms with Crippen LogP contribution < -0.4 is 26.0 Å². The van der Waals surface area contributed by atoms with Crippen molar-refractivity contribution in [1.29, 1.82) is 0 Å². The van der Waals surface area contributed by atoms with Gasteiger partial charge in [0.2, 0.25) is 0 Å². The quantitative estimate of drug-likeness (QED) is 0.193. The molecule has 1 aromatic heterocycles. The Hall–Kier alpha value is -4.02. The molecular formula is C36H34BClN2O. The standard InChI is InChI=1S/C36H34BClN2O/c1-23(2)26-13-15-30-34(20-26)41-35-21-27(24(3)4)14-16-31(35)37(30)32-18-25(5)19-33(36(32)38)40(28-10-7-6-8-11-28)29-12-9-17-39-22-29/h6-24H,1-5H3. The third-order valence-corrected chi connectivity index (χ3v) is 8.36. The molecule has 2 heterocycles. The first-order chi connectivity index (χ1) is 19.8. The highest BCUT2D eigenvalue weighted by atomic mass is 35.5. The molecule has 4 aromatic carbocycles. The summed E-state index contributed by atoms with van der Waals surface area (Å²) < 4.78 is 6.64. The average molecular weight is 557 g/mol. The van der Waals surface area contributed by atoms with E-state index in [9.17, 15) is 0 Å². The Morgan fingerprint density at radius 3 is 1.88 bits per heavy atom. The first kappa shape index (κ1) is 27.2. The Morgan fingerprint density at radius 1 is 0.707 bits per heavy atom. The normalized spacial score (nSPS) is 12.2. The van der Waals surface area contributed by atoms with Gasteiger partial charge in [0.25, 0.3) is 6.71 Å². The predicted molar refractivity (Wildman–Crippen MR) is 174 cm³/mol. The molecule has 0 N–H and O–H groups in total. The molecule has 5 heteroatoms. The van der Waals surface area contributed by atoms with E-state index in [0.29, 0.717) is 16.9 Å². The fraction of sp³-hybridized carbons (Fsp3) is 0.194. The number of hydrogen-bond acceptors (Lipinski definition) is 3. The van der Waals surface area contributed by atoms with Gasteiger partial charge in [-0.15, -0.1) is 0 Å². The molecule has 5 aromatic rings. The Labute approximate surface area is 248 Å². The number of rotatable bonds is 6. The Balaban J connectivity index is 1.59. The number of ether oxygens (including phenoxy) is 1. The Morgan fingerprint density at radius 2 is 1.32 bits per heavy atom. The van der Waals surface area contributed by atoms with Crippen molar-refractivity contribution in [2.45, 2.75) is 46.5 Å². The van der Waals surface area contributed by atoms with Gasteiger partial charge in [-0.1, -0.05) is 87.8 Å². The van der Waals surface area contributed by atoms with Gasteiger partial charge < -0.3 is 9.64 Å². The fourth-order valence-corrected chi connectivity index (χ4v) is 6.04. The molecule has 0 unspecified atom stereocenters. The van der Waals surface area contributed by atoms with Crippen LogP contribution in [0.1, 0.15) is 56.2 Å². The van der Waals surface area contributed by atoms with Gasteiger partial charge in [0.05, 0.1) is 22.6 Å². The van der Waals surface area contributed by atoms with Gasteiger partial charge in [0.15, 0.2) is 0 Å². The van der Waals surface area contributed by atoms with Crippen molar-refractivity contribution in [3.63, 3.8) is 0 Å². The maximum atomic E-state index is 7.50. The van der Waals surface area contributed by atoms with Crippen molar-refractivity contribution in [1.82, 2.24) is 4.98 Å². The number of para-hydroxylation sites is 1. The van der Waals surface area contributed by atoms with Gasteiger partial charge in [0, 0.05) is 11.9 Å². The summed E-state index contributed by atoms with van der Waals surface area (Å²) in [5.41, 5.74) is 9.87. The molecule has 0 saturated carbocycles. The number of pyridine rings is 1. The molecule has 0 saturated heterocycles.